The predicted octanol–water partition coefficient (Wildman–Crippen LogP) is 2.10. The number of rotatable bonds is 4. The summed E-state index contributed by atoms with van der Waals surface area (Å²) in [7, 11) is 0. The Morgan fingerprint density at radius 2 is 2.00 bits per heavy atom. The van der Waals surface area contributed by atoms with E-state index in [-0.39, 0.29) is 11.9 Å². The van der Waals surface area contributed by atoms with Crippen LogP contribution < -0.4 is 16.0 Å². The first kappa shape index (κ1) is 14.1. The average Bonchev–Trinajstić information content (AvgIpc) is 2.96. The molecule has 0 aliphatic carbocycles. The van der Waals surface area contributed by atoms with Gasteiger partial charge in [-0.3, -0.25) is 4.79 Å². The molecular formula is C13H22N4OS. The van der Waals surface area contributed by atoms with E-state index < -0.39 is 0 Å². The van der Waals surface area contributed by atoms with E-state index in [1.807, 2.05) is 6.92 Å². The van der Waals surface area contributed by atoms with E-state index in [1.165, 1.54) is 24.2 Å². The van der Waals surface area contributed by atoms with Crippen LogP contribution in [0.3, 0.4) is 0 Å². The van der Waals surface area contributed by atoms with Gasteiger partial charge in [0.25, 0.3) is 5.91 Å². The maximum atomic E-state index is 12.2. The minimum Gasteiger partial charge on any atom is -0.382 e. The van der Waals surface area contributed by atoms with Crippen molar-refractivity contribution in [3.05, 3.63) is 4.88 Å². The van der Waals surface area contributed by atoms with Crippen molar-refractivity contribution in [1.82, 2.24) is 10.3 Å². The maximum Gasteiger partial charge on any atom is 0.265 e. The summed E-state index contributed by atoms with van der Waals surface area (Å²) in [6.45, 7) is 8.18. The number of thiazole rings is 1. The zero-order chi connectivity index (χ0) is 14.0. The van der Waals surface area contributed by atoms with Crippen LogP contribution in [0.1, 0.15) is 43.3 Å². The fourth-order valence-corrected chi connectivity index (χ4v) is 2.91. The van der Waals surface area contributed by atoms with Gasteiger partial charge in [-0.05, 0) is 25.7 Å². The van der Waals surface area contributed by atoms with Crippen LogP contribution in [-0.4, -0.2) is 30.0 Å². The number of nitrogen functional groups attached to an aromatic ring is 1. The molecule has 1 amide bonds. The highest BCUT2D eigenvalue weighted by atomic mass is 32.1. The Kier molecular flexibility index (Phi) is 4.29. The SMILES string of the molecule is CC(C)C(C)NC(=O)c1sc(N2CCCC2)nc1N. The summed E-state index contributed by atoms with van der Waals surface area (Å²) >= 11 is 1.40. The van der Waals surface area contributed by atoms with Crippen LogP contribution >= 0.6 is 11.3 Å². The number of nitrogens with zero attached hydrogens (tertiary/aromatic N) is 2. The number of carbonyl (C=O) groups is 1. The Morgan fingerprint density at radius 1 is 1.37 bits per heavy atom. The van der Waals surface area contributed by atoms with Crippen molar-refractivity contribution < 1.29 is 4.79 Å². The maximum absolute atomic E-state index is 12.2. The van der Waals surface area contributed by atoms with E-state index >= 15 is 0 Å². The van der Waals surface area contributed by atoms with Crippen molar-refractivity contribution in [2.75, 3.05) is 23.7 Å². The number of aromatic nitrogens is 1. The second-order valence-electron chi connectivity index (χ2n) is 5.41. The number of anilines is 2. The van der Waals surface area contributed by atoms with E-state index in [4.69, 9.17) is 5.73 Å². The van der Waals surface area contributed by atoms with Crippen LogP contribution in [0.4, 0.5) is 10.9 Å². The number of carbonyl (C=O) groups excluding carboxylic acids is 1. The second kappa shape index (κ2) is 5.77. The molecule has 3 N–H and O–H groups in total. The third kappa shape index (κ3) is 3.18. The van der Waals surface area contributed by atoms with E-state index in [9.17, 15) is 4.79 Å². The Hall–Kier alpha value is -1.30. The smallest absolute Gasteiger partial charge is 0.265 e. The van der Waals surface area contributed by atoms with Gasteiger partial charge in [-0.2, -0.15) is 0 Å². The molecule has 1 aliphatic rings. The molecule has 5 nitrogen and oxygen atoms in total. The van der Waals surface area contributed by atoms with Gasteiger partial charge in [0.05, 0.1) is 0 Å². The van der Waals surface area contributed by atoms with E-state index in [0.29, 0.717) is 16.6 Å². The van der Waals surface area contributed by atoms with Crippen molar-refractivity contribution in [1.29, 1.82) is 0 Å². The van der Waals surface area contributed by atoms with Gasteiger partial charge in [0.2, 0.25) is 0 Å². The van der Waals surface area contributed by atoms with E-state index in [0.717, 1.165) is 18.2 Å². The largest absolute Gasteiger partial charge is 0.382 e. The Balaban J connectivity index is 2.09. The number of amides is 1. The highest BCUT2D eigenvalue weighted by Gasteiger charge is 2.22. The molecule has 1 atom stereocenters. The molecule has 0 bridgehead atoms. The zero-order valence-corrected chi connectivity index (χ0v) is 12.6. The van der Waals surface area contributed by atoms with Crippen LogP contribution in [0.25, 0.3) is 0 Å². The summed E-state index contributed by atoms with van der Waals surface area (Å²) in [6.07, 6.45) is 2.37. The molecule has 1 aromatic rings. The Morgan fingerprint density at radius 3 is 2.58 bits per heavy atom. The summed E-state index contributed by atoms with van der Waals surface area (Å²) < 4.78 is 0. The van der Waals surface area contributed by atoms with Crippen molar-refractivity contribution in [3.63, 3.8) is 0 Å². The monoisotopic (exact) mass is 282 g/mol. The molecule has 19 heavy (non-hydrogen) atoms. The molecule has 0 spiro atoms. The number of hydrogen-bond donors (Lipinski definition) is 2. The van der Waals surface area contributed by atoms with Crippen molar-refractivity contribution in [2.24, 2.45) is 5.92 Å². The molecule has 1 saturated heterocycles. The lowest BCUT2D eigenvalue weighted by molar-refractivity contribution is 0.0935. The summed E-state index contributed by atoms with van der Waals surface area (Å²) in [5.74, 6) is 0.637. The molecule has 0 radical (unpaired) electrons. The molecule has 1 unspecified atom stereocenters. The van der Waals surface area contributed by atoms with Crippen LogP contribution in [-0.2, 0) is 0 Å². The van der Waals surface area contributed by atoms with Crippen molar-refractivity contribution in [2.45, 2.75) is 39.7 Å². The molecule has 1 aliphatic heterocycles. The van der Waals surface area contributed by atoms with Gasteiger partial charge in [0, 0.05) is 19.1 Å². The quantitative estimate of drug-likeness (QED) is 0.887. The van der Waals surface area contributed by atoms with Crippen molar-refractivity contribution in [3.8, 4) is 0 Å². The van der Waals surface area contributed by atoms with Gasteiger partial charge in [-0.25, -0.2) is 4.98 Å². The first-order chi connectivity index (χ1) is 8.99. The van der Waals surface area contributed by atoms with E-state index in [2.05, 4.69) is 29.0 Å². The normalized spacial score (nSPS) is 16.9. The average molecular weight is 282 g/mol. The van der Waals surface area contributed by atoms with Gasteiger partial charge in [-0.15, -0.1) is 0 Å². The van der Waals surface area contributed by atoms with Crippen molar-refractivity contribution >= 4 is 28.2 Å². The molecule has 0 aromatic carbocycles. The Labute approximate surface area is 118 Å². The summed E-state index contributed by atoms with van der Waals surface area (Å²) in [4.78, 5) is 19.2. The zero-order valence-electron chi connectivity index (χ0n) is 11.8. The minimum atomic E-state index is -0.110. The lowest BCUT2D eigenvalue weighted by Gasteiger charge is -2.16. The fourth-order valence-electron chi connectivity index (χ4n) is 1.97. The van der Waals surface area contributed by atoms with Crippen LogP contribution in [0.2, 0.25) is 0 Å². The second-order valence-corrected chi connectivity index (χ2v) is 6.39. The van der Waals surface area contributed by atoms with E-state index in [1.54, 1.807) is 0 Å². The lowest BCUT2D eigenvalue weighted by Crippen LogP contribution is -2.35. The highest BCUT2D eigenvalue weighted by Crippen LogP contribution is 2.30. The molecule has 2 heterocycles. The number of hydrogen-bond acceptors (Lipinski definition) is 5. The molecule has 1 aromatic heterocycles. The summed E-state index contributed by atoms with van der Waals surface area (Å²) in [6, 6.07) is 0.129. The van der Waals surface area contributed by atoms with Gasteiger partial charge < -0.3 is 16.0 Å². The molecule has 2 rings (SSSR count). The number of nitrogens with two attached hydrogens (primary N) is 1. The van der Waals surface area contributed by atoms with Crippen LogP contribution in [0.15, 0.2) is 0 Å². The summed E-state index contributed by atoms with van der Waals surface area (Å²) in [5, 5.41) is 3.85. The standard InChI is InChI=1S/C13H22N4OS/c1-8(2)9(3)15-12(18)10-11(14)16-13(19-10)17-6-4-5-7-17/h8-9H,4-7,14H2,1-3H3,(H,15,18). The first-order valence-electron chi connectivity index (χ1n) is 6.81. The van der Waals surface area contributed by atoms with Gasteiger partial charge >= 0.3 is 0 Å². The van der Waals surface area contributed by atoms with Crippen LogP contribution in [0, 0.1) is 5.92 Å². The van der Waals surface area contributed by atoms with Gasteiger partial charge in [0.15, 0.2) is 5.13 Å². The first-order valence-corrected chi connectivity index (χ1v) is 7.62. The third-order valence-corrected chi connectivity index (χ3v) is 4.71. The summed E-state index contributed by atoms with van der Waals surface area (Å²) in [5.41, 5.74) is 5.87. The molecule has 1 fully saturated rings. The minimum absolute atomic E-state index is 0.110. The molecular weight excluding hydrogens is 260 g/mol. The molecule has 6 heteroatoms. The topological polar surface area (TPSA) is 71.2 Å². The van der Waals surface area contributed by atoms with Gasteiger partial charge in [0.1, 0.15) is 10.7 Å². The predicted molar refractivity (Wildman–Crippen MR) is 79.7 cm³/mol. The van der Waals surface area contributed by atoms with Gasteiger partial charge in [-0.1, -0.05) is 25.2 Å². The molecule has 106 valence electrons. The fraction of sp³-hybridized carbons (Fsp3) is 0.692. The highest BCUT2D eigenvalue weighted by molar-refractivity contribution is 7.18. The lowest BCUT2D eigenvalue weighted by atomic mass is 10.1. The third-order valence-electron chi connectivity index (χ3n) is 3.58. The molecule has 0 saturated carbocycles. The van der Waals surface area contributed by atoms with Crippen LogP contribution in [0.5, 0.6) is 0 Å². The Bertz CT molecular complexity index is 451. The number of nitrogens with one attached hydrogen (secondary N) is 1.